The van der Waals surface area contributed by atoms with Crippen LogP contribution in [-0.2, 0) is 0 Å². The van der Waals surface area contributed by atoms with Crippen molar-refractivity contribution in [2.24, 2.45) is 0 Å². The van der Waals surface area contributed by atoms with Crippen molar-refractivity contribution in [1.82, 2.24) is 15.2 Å². The molecule has 0 atom stereocenters. The van der Waals surface area contributed by atoms with Gasteiger partial charge in [-0.25, -0.2) is 4.39 Å². The van der Waals surface area contributed by atoms with Crippen LogP contribution in [0.4, 0.5) is 4.39 Å². The maximum absolute atomic E-state index is 13.8. The number of pyridine rings is 1. The van der Waals surface area contributed by atoms with E-state index in [9.17, 15) is 4.39 Å². The van der Waals surface area contributed by atoms with Gasteiger partial charge in [-0.2, -0.15) is 5.10 Å². The van der Waals surface area contributed by atoms with Gasteiger partial charge >= 0.3 is 0 Å². The van der Waals surface area contributed by atoms with Crippen LogP contribution in [0.25, 0.3) is 22.2 Å². The second-order valence-corrected chi connectivity index (χ2v) is 4.04. The van der Waals surface area contributed by atoms with Gasteiger partial charge in [0.15, 0.2) is 0 Å². The second kappa shape index (κ2) is 3.82. The maximum Gasteiger partial charge on any atom is 0.149 e. The number of hydrogen-bond acceptors (Lipinski definition) is 2. The van der Waals surface area contributed by atoms with E-state index in [2.05, 4.69) is 15.2 Å². The molecule has 0 bridgehead atoms. The molecule has 17 heavy (non-hydrogen) atoms. The third-order valence-corrected chi connectivity index (χ3v) is 2.84. The number of fused-ring (bicyclic) bond motifs is 1. The summed E-state index contributed by atoms with van der Waals surface area (Å²) in [6.07, 6.45) is 3.22. The fraction of sp³-hybridized carbons (Fsp3) is 0. The summed E-state index contributed by atoms with van der Waals surface area (Å²) in [6.45, 7) is 0. The van der Waals surface area contributed by atoms with Crippen LogP contribution < -0.4 is 0 Å². The molecule has 1 aromatic carbocycles. The smallest absolute Gasteiger partial charge is 0.149 e. The first-order chi connectivity index (χ1) is 8.25. The van der Waals surface area contributed by atoms with Crippen molar-refractivity contribution in [3.8, 4) is 11.1 Å². The molecule has 5 heteroatoms. The molecule has 0 amide bonds. The Bertz CT molecular complexity index is 693. The predicted molar refractivity (Wildman–Crippen MR) is 64.3 cm³/mol. The highest BCUT2D eigenvalue weighted by molar-refractivity contribution is 6.31. The largest absolute Gasteiger partial charge is 0.276 e. The molecule has 0 aliphatic rings. The molecule has 3 aromatic rings. The number of nitrogens with zero attached hydrogens (tertiary/aromatic N) is 2. The summed E-state index contributed by atoms with van der Waals surface area (Å²) in [5.74, 6) is -0.435. The fourth-order valence-electron chi connectivity index (χ4n) is 1.70. The minimum Gasteiger partial charge on any atom is -0.276 e. The Labute approximate surface area is 101 Å². The van der Waals surface area contributed by atoms with Crippen LogP contribution in [0.1, 0.15) is 0 Å². The third kappa shape index (κ3) is 1.66. The summed E-state index contributed by atoms with van der Waals surface area (Å²) in [6, 6.07) is 6.69. The zero-order valence-electron chi connectivity index (χ0n) is 8.61. The topological polar surface area (TPSA) is 41.6 Å². The first-order valence-electron chi connectivity index (χ1n) is 4.99. The summed E-state index contributed by atoms with van der Waals surface area (Å²) < 4.78 is 13.8. The van der Waals surface area contributed by atoms with E-state index < -0.39 is 5.82 Å². The minimum absolute atomic E-state index is 0.104. The Kier molecular flexibility index (Phi) is 2.30. The quantitative estimate of drug-likeness (QED) is 0.716. The van der Waals surface area contributed by atoms with Crippen molar-refractivity contribution >= 4 is 22.6 Å². The Morgan fingerprint density at radius 3 is 3.00 bits per heavy atom. The van der Waals surface area contributed by atoms with Crippen LogP contribution in [0.15, 0.2) is 36.7 Å². The lowest BCUT2D eigenvalue weighted by Crippen LogP contribution is -1.87. The SMILES string of the molecule is Fc1c(Cl)cccc1-c1cnc2cn[nH]c2c1. The van der Waals surface area contributed by atoms with E-state index in [0.717, 1.165) is 11.0 Å². The van der Waals surface area contributed by atoms with Crippen LogP contribution in [0.2, 0.25) is 5.02 Å². The molecule has 84 valence electrons. The average Bonchev–Trinajstić information content (AvgIpc) is 2.79. The lowest BCUT2D eigenvalue weighted by atomic mass is 10.1. The molecule has 2 heterocycles. The summed E-state index contributed by atoms with van der Waals surface area (Å²) >= 11 is 5.75. The van der Waals surface area contributed by atoms with Crippen LogP contribution >= 0.6 is 11.6 Å². The number of halogens is 2. The van der Waals surface area contributed by atoms with E-state index in [1.165, 1.54) is 6.07 Å². The molecule has 0 unspecified atom stereocenters. The first-order valence-corrected chi connectivity index (χ1v) is 5.37. The van der Waals surface area contributed by atoms with Crippen LogP contribution in [0, 0.1) is 5.82 Å². The van der Waals surface area contributed by atoms with E-state index in [1.54, 1.807) is 30.6 Å². The fourth-order valence-corrected chi connectivity index (χ4v) is 1.88. The first kappa shape index (κ1) is 10.2. The standard InChI is InChI=1S/C12H7ClFN3/c13-9-3-1-2-8(12(9)14)7-4-10-11(15-5-7)6-16-17-10/h1-6H,(H,16,17). The Morgan fingerprint density at radius 2 is 2.12 bits per heavy atom. The zero-order chi connectivity index (χ0) is 11.8. The molecule has 3 rings (SSSR count). The number of aromatic amines is 1. The van der Waals surface area contributed by atoms with Gasteiger partial charge in [0, 0.05) is 17.3 Å². The molecular formula is C12H7ClFN3. The molecule has 3 nitrogen and oxygen atoms in total. The van der Waals surface area contributed by atoms with Crippen molar-refractivity contribution in [2.45, 2.75) is 0 Å². The molecule has 0 fully saturated rings. The number of nitrogens with one attached hydrogen (secondary N) is 1. The number of hydrogen-bond donors (Lipinski definition) is 1. The van der Waals surface area contributed by atoms with Gasteiger partial charge < -0.3 is 0 Å². The molecule has 2 aromatic heterocycles. The van der Waals surface area contributed by atoms with Gasteiger partial charge in [-0.3, -0.25) is 10.1 Å². The normalized spacial score (nSPS) is 10.9. The molecule has 0 spiro atoms. The summed E-state index contributed by atoms with van der Waals surface area (Å²) in [7, 11) is 0. The van der Waals surface area contributed by atoms with Crippen molar-refractivity contribution in [3.05, 3.63) is 47.5 Å². The Balaban J connectivity index is 2.23. The van der Waals surface area contributed by atoms with Crippen LogP contribution in [0.5, 0.6) is 0 Å². The Hall–Kier alpha value is -1.94. The molecule has 0 radical (unpaired) electrons. The van der Waals surface area contributed by atoms with Crippen LogP contribution in [-0.4, -0.2) is 15.2 Å². The van der Waals surface area contributed by atoms with Crippen LogP contribution in [0.3, 0.4) is 0 Å². The summed E-state index contributed by atoms with van der Waals surface area (Å²) in [5.41, 5.74) is 2.61. The molecular weight excluding hydrogens is 241 g/mol. The predicted octanol–water partition coefficient (Wildman–Crippen LogP) is 3.42. The van der Waals surface area contributed by atoms with Crippen molar-refractivity contribution < 1.29 is 4.39 Å². The van der Waals surface area contributed by atoms with Gasteiger partial charge in [0.1, 0.15) is 11.3 Å². The molecule has 0 aliphatic carbocycles. The van der Waals surface area contributed by atoms with Crippen molar-refractivity contribution in [2.75, 3.05) is 0 Å². The molecule has 0 saturated carbocycles. The maximum atomic E-state index is 13.8. The lowest BCUT2D eigenvalue weighted by molar-refractivity contribution is 0.631. The number of benzene rings is 1. The second-order valence-electron chi connectivity index (χ2n) is 3.63. The summed E-state index contributed by atoms with van der Waals surface area (Å²) in [4.78, 5) is 4.18. The van der Waals surface area contributed by atoms with Crippen molar-refractivity contribution in [3.63, 3.8) is 0 Å². The highest BCUT2D eigenvalue weighted by atomic mass is 35.5. The highest BCUT2D eigenvalue weighted by Gasteiger charge is 2.09. The van der Waals surface area contributed by atoms with Gasteiger partial charge in [0.2, 0.25) is 0 Å². The number of rotatable bonds is 1. The molecule has 1 N–H and O–H groups in total. The monoisotopic (exact) mass is 247 g/mol. The van der Waals surface area contributed by atoms with E-state index >= 15 is 0 Å². The van der Waals surface area contributed by atoms with Gasteiger partial charge in [-0.15, -0.1) is 0 Å². The third-order valence-electron chi connectivity index (χ3n) is 2.55. The number of aromatic nitrogens is 3. The van der Waals surface area contributed by atoms with Gasteiger partial charge in [-0.05, 0) is 12.1 Å². The van der Waals surface area contributed by atoms with E-state index in [0.29, 0.717) is 11.1 Å². The van der Waals surface area contributed by atoms with Gasteiger partial charge in [0.05, 0.1) is 16.7 Å². The van der Waals surface area contributed by atoms with E-state index in [4.69, 9.17) is 11.6 Å². The molecule has 0 aliphatic heterocycles. The molecule has 0 saturated heterocycles. The average molecular weight is 248 g/mol. The minimum atomic E-state index is -0.435. The van der Waals surface area contributed by atoms with E-state index in [1.807, 2.05) is 0 Å². The van der Waals surface area contributed by atoms with Gasteiger partial charge in [-0.1, -0.05) is 23.7 Å². The lowest BCUT2D eigenvalue weighted by Gasteiger charge is -2.04. The highest BCUT2D eigenvalue weighted by Crippen LogP contribution is 2.28. The Morgan fingerprint density at radius 1 is 1.24 bits per heavy atom. The van der Waals surface area contributed by atoms with E-state index in [-0.39, 0.29) is 5.02 Å². The van der Waals surface area contributed by atoms with Gasteiger partial charge in [0.25, 0.3) is 0 Å². The summed E-state index contributed by atoms with van der Waals surface area (Å²) in [5, 5.41) is 6.77. The zero-order valence-corrected chi connectivity index (χ0v) is 9.37. The number of H-pyrrole nitrogens is 1. The van der Waals surface area contributed by atoms with Crippen molar-refractivity contribution in [1.29, 1.82) is 0 Å².